The first-order valence-corrected chi connectivity index (χ1v) is 17.0. The number of hydrogen-bond donors (Lipinski definition) is 0. The van der Waals surface area contributed by atoms with Crippen LogP contribution in [0.1, 0.15) is 156 Å². The number of benzene rings is 2. The summed E-state index contributed by atoms with van der Waals surface area (Å²) >= 11 is 0. The second-order valence-electron chi connectivity index (χ2n) is 14.0. The fourth-order valence-corrected chi connectivity index (χ4v) is 7.26. The molecule has 39 heavy (non-hydrogen) atoms. The van der Waals surface area contributed by atoms with Crippen LogP contribution in [0, 0.1) is 0 Å². The van der Waals surface area contributed by atoms with Crippen molar-refractivity contribution in [3.63, 3.8) is 0 Å². The van der Waals surface area contributed by atoms with Gasteiger partial charge in [0, 0.05) is 16.3 Å². The normalized spacial score (nSPS) is 13.5. The average molecular weight is 552 g/mol. The first kappa shape index (κ1) is 31.9. The van der Waals surface area contributed by atoms with Crippen LogP contribution in [0.2, 0.25) is 0 Å². The standard InChI is InChI=1S/C36H56O2P/c1-10-13-16-21-34(4,5)27-19-20-29-30-24-28(35(6,7)22-17-14-11-2)25-31(36(8,9)23-18-15-12-3)33(30)38-39(37)32(29)26-27/h19-20,24-26H,10-18,21-23H2,1-9H3/q+1. The molecule has 0 aliphatic heterocycles. The van der Waals surface area contributed by atoms with E-state index in [0.29, 0.717) is 0 Å². The van der Waals surface area contributed by atoms with E-state index >= 15 is 0 Å². The summed E-state index contributed by atoms with van der Waals surface area (Å²) in [4.78, 5) is 0. The maximum Gasteiger partial charge on any atom is 0.597 e. The van der Waals surface area contributed by atoms with Gasteiger partial charge in [-0.15, -0.1) is 0 Å². The largest absolute Gasteiger partial charge is 0.597 e. The lowest BCUT2D eigenvalue weighted by molar-refractivity contribution is 0.436. The Hall–Kier alpha value is -1.66. The molecular weight excluding hydrogens is 495 g/mol. The van der Waals surface area contributed by atoms with Gasteiger partial charge < -0.3 is 0 Å². The number of rotatable bonds is 15. The molecule has 1 atom stereocenters. The SMILES string of the molecule is CCCCCC(C)(C)c1cc(C(C)(C)CCCCC)c2o[p+](=O)c3cc(C(C)(C)CCCCC)ccc3c2c1. The lowest BCUT2D eigenvalue weighted by Crippen LogP contribution is -2.22. The van der Waals surface area contributed by atoms with Crippen molar-refractivity contribution in [2.24, 2.45) is 0 Å². The van der Waals surface area contributed by atoms with E-state index in [1.807, 2.05) is 0 Å². The van der Waals surface area contributed by atoms with Crippen molar-refractivity contribution in [3.05, 3.63) is 47.0 Å². The topological polar surface area (TPSA) is 30.2 Å². The van der Waals surface area contributed by atoms with E-state index in [1.165, 1.54) is 80.9 Å². The molecule has 2 aromatic carbocycles. The van der Waals surface area contributed by atoms with E-state index in [9.17, 15) is 4.57 Å². The Labute approximate surface area is 240 Å². The summed E-state index contributed by atoms with van der Waals surface area (Å²) in [6.45, 7) is 20.9. The molecule has 2 nitrogen and oxygen atoms in total. The third-order valence-corrected chi connectivity index (χ3v) is 10.4. The molecular formula is C36H56O2P+. The molecule has 0 saturated carbocycles. The highest BCUT2D eigenvalue weighted by Gasteiger charge is 2.32. The molecule has 0 spiro atoms. The van der Waals surface area contributed by atoms with Crippen LogP contribution in [0.4, 0.5) is 0 Å². The van der Waals surface area contributed by atoms with E-state index in [2.05, 4.69) is 92.6 Å². The molecule has 1 heterocycles. The monoisotopic (exact) mass is 551 g/mol. The van der Waals surface area contributed by atoms with Crippen LogP contribution < -0.4 is 0 Å². The first-order chi connectivity index (χ1) is 18.4. The lowest BCUT2D eigenvalue weighted by Gasteiger charge is -2.30. The van der Waals surface area contributed by atoms with E-state index in [0.717, 1.165) is 34.3 Å². The van der Waals surface area contributed by atoms with Crippen molar-refractivity contribution in [1.29, 1.82) is 0 Å². The smallest absolute Gasteiger partial charge is 0.249 e. The van der Waals surface area contributed by atoms with E-state index in [-0.39, 0.29) is 16.2 Å². The minimum atomic E-state index is -1.95. The summed E-state index contributed by atoms with van der Waals surface area (Å²) in [5, 5.41) is 3.10. The van der Waals surface area contributed by atoms with Crippen molar-refractivity contribution < 1.29 is 8.76 Å². The van der Waals surface area contributed by atoms with Crippen LogP contribution in [-0.2, 0) is 20.8 Å². The summed E-state index contributed by atoms with van der Waals surface area (Å²) in [6, 6.07) is 11.5. The molecule has 0 saturated heterocycles. The molecule has 3 rings (SSSR count). The summed E-state index contributed by atoms with van der Waals surface area (Å²) in [5.74, 6) is 0. The second-order valence-corrected chi connectivity index (χ2v) is 15.2. The van der Waals surface area contributed by atoms with Crippen molar-refractivity contribution in [3.8, 4) is 0 Å². The van der Waals surface area contributed by atoms with Crippen LogP contribution >= 0.6 is 7.65 Å². The van der Waals surface area contributed by atoms with Gasteiger partial charge in [-0.3, -0.25) is 0 Å². The molecule has 0 radical (unpaired) electrons. The number of unbranched alkanes of at least 4 members (excludes halogenated alkanes) is 6. The second kappa shape index (κ2) is 13.3. The van der Waals surface area contributed by atoms with E-state index < -0.39 is 7.65 Å². The predicted octanol–water partition coefficient (Wildman–Crippen LogP) is 12.9. The van der Waals surface area contributed by atoms with E-state index in [4.69, 9.17) is 4.20 Å². The van der Waals surface area contributed by atoms with Gasteiger partial charge >= 0.3 is 7.65 Å². The van der Waals surface area contributed by atoms with Gasteiger partial charge in [0.1, 0.15) is 0 Å². The minimum absolute atomic E-state index is 0.0518. The van der Waals surface area contributed by atoms with Gasteiger partial charge in [0.25, 0.3) is 0 Å². The third-order valence-electron chi connectivity index (χ3n) is 9.26. The molecule has 0 bridgehead atoms. The van der Waals surface area contributed by atoms with Crippen LogP contribution in [-0.4, -0.2) is 0 Å². The molecule has 0 N–H and O–H groups in total. The average Bonchev–Trinajstić information content (AvgIpc) is 2.88. The summed E-state index contributed by atoms with van der Waals surface area (Å²) in [5.41, 5.74) is 4.80. The highest BCUT2D eigenvalue weighted by atomic mass is 31.1. The molecule has 216 valence electrons. The molecule has 3 aromatic rings. The summed E-state index contributed by atoms with van der Waals surface area (Å²) < 4.78 is 20.1. The van der Waals surface area contributed by atoms with Crippen molar-refractivity contribution in [2.45, 2.75) is 156 Å². The Balaban J connectivity index is 2.24. The molecule has 1 unspecified atom stereocenters. The molecule has 3 heteroatoms. The van der Waals surface area contributed by atoms with Crippen molar-refractivity contribution in [2.75, 3.05) is 0 Å². The van der Waals surface area contributed by atoms with Crippen molar-refractivity contribution >= 4 is 29.1 Å². The van der Waals surface area contributed by atoms with Crippen LogP contribution in [0.3, 0.4) is 0 Å². The van der Waals surface area contributed by atoms with Gasteiger partial charge in [-0.05, 0) is 69.4 Å². The predicted molar refractivity (Wildman–Crippen MR) is 173 cm³/mol. The zero-order valence-corrected chi connectivity index (χ0v) is 27.5. The Morgan fingerprint density at radius 1 is 0.615 bits per heavy atom. The van der Waals surface area contributed by atoms with Gasteiger partial charge in [-0.1, -0.05) is 132 Å². The Kier molecular flexibility index (Phi) is 10.9. The van der Waals surface area contributed by atoms with Crippen LogP contribution in [0.25, 0.3) is 21.5 Å². The van der Waals surface area contributed by atoms with Crippen LogP contribution in [0.15, 0.2) is 34.5 Å². The maximum atomic E-state index is 13.7. The van der Waals surface area contributed by atoms with Gasteiger partial charge in [0.05, 0.1) is 0 Å². The number of hydrogen-bond acceptors (Lipinski definition) is 2. The number of fused-ring (bicyclic) bond motifs is 3. The zero-order valence-electron chi connectivity index (χ0n) is 26.6. The molecule has 0 fully saturated rings. The van der Waals surface area contributed by atoms with Gasteiger partial charge in [0.15, 0.2) is 5.58 Å². The minimum Gasteiger partial charge on any atom is -0.249 e. The fourth-order valence-electron chi connectivity index (χ4n) is 6.16. The first-order valence-electron chi connectivity index (χ1n) is 15.9. The fraction of sp³-hybridized carbons (Fsp3) is 0.667. The molecule has 0 aliphatic rings. The Bertz CT molecular complexity index is 1290. The van der Waals surface area contributed by atoms with Crippen molar-refractivity contribution in [1.82, 2.24) is 0 Å². The Morgan fingerprint density at radius 2 is 1.13 bits per heavy atom. The molecule has 0 aliphatic carbocycles. The highest BCUT2D eigenvalue weighted by molar-refractivity contribution is 7.37. The maximum absolute atomic E-state index is 13.7. The van der Waals surface area contributed by atoms with Gasteiger partial charge in [-0.25, -0.2) is 4.20 Å². The zero-order chi connectivity index (χ0) is 28.8. The lowest BCUT2D eigenvalue weighted by atomic mass is 9.74. The van der Waals surface area contributed by atoms with E-state index in [1.54, 1.807) is 0 Å². The highest BCUT2D eigenvalue weighted by Crippen LogP contribution is 2.45. The third kappa shape index (κ3) is 7.55. The quantitative estimate of drug-likeness (QED) is 0.139. The molecule has 0 amide bonds. The molecule has 1 aromatic heterocycles. The van der Waals surface area contributed by atoms with Gasteiger partial charge in [0.2, 0.25) is 5.12 Å². The van der Waals surface area contributed by atoms with Gasteiger partial charge in [-0.2, -0.15) is 0 Å². The summed E-state index contributed by atoms with van der Waals surface area (Å²) in [7, 11) is -1.95. The van der Waals surface area contributed by atoms with Crippen LogP contribution in [0.5, 0.6) is 0 Å². The summed E-state index contributed by atoms with van der Waals surface area (Å²) in [6.07, 6.45) is 14.5. The Morgan fingerprint density at radius 3 is 1.67 bits per heavy atom.